The zero-order valence-corrected chi connectivity index (χ0v) is 19.9. The van der Waals surface area contributed by atoms with Crippen molar-refractivity contribution >= 4 is 11.6 Å². The Bertz CT molecular complexity index is 1290. The number of aryl methyl sites for hydroxylation is 3. The molecule has 2 aliphatic rings. The van der Waals surface area contributed by atoms with Crippen LogP contribution in [-0.4, -0.2) is 47.5 Å². The van der Waals surface area contributed by atoms with Crippen molar-refractivity contribution in [2.24, 2.45) is 0 Å². The van der Waals surface area contributed by atoms with Gasteiger partial charge in [0.2, 0.25) is 0 Å². The van der Waals surface area contributed by atoms with Crippen molar-refractivity contribution in [1.82, 2.24) is 9.80 Å². The Labute approximate surface area is 200 Å². The fraction of sp³-hybridized carbons (Fsp3) is 0.310. The van der Waals surface area contributed by atoms with Crippen LogP contribution in [0.1, 0.15) is 48.5 Å². The van der Waals surface area contributed by atoms with Crippen molar-refractivity contribution in [3.05, 3.63) is 105 Å². The third-order valence-corrected chi connectivity index (χ3v) is 7.31. The van der Waals surface area contributed by atoms with E-state index in [-0.39, 0.29) is 17.4 Å². The molecule has 4 nitrogen and oxygen atoms in total. The van der Waals surface area contributed by atoms with Crippen molar-refractivity contribution in [2.75, 3.05) is 26.2 Å². The minimum Gasteiger partial charge on any atom is -0.297 e. The maximum absolute atomic E-state index is 14.0. The summed E-state index contributed by atoms with van der Waals surface area (Å²) in [6.07, 6.45) is 0. The Kier molecular flexibility index (Phi) is 5.70. The molecule has 34 heavy (non-hydrogen) atoms. The molecule has 0 saturated carbocycles. The molecule has 0 radical (unpaired) electrons. The molecule has 174 valence electrons. The lowest BCUT2D eigenvalue weighted by atomic mass is 9.81. The molecule has 0 N–H and O–H groups in total. The van der Waals surface area contributed by atoms with Gasteiger partial charge in [-0.2, -0.15) is 0 Å². The minimum absolute atomic E-state index is 0.128. The minimum atomic E-state index is -1.33. The van der Waals surface area contributed by atoms with Crippen LogP contribution in [0.2, 0.25) is 0 Å². The summed E-state index contributed by atoms with van der Waals surface area (Å²) in [4.78, 5) is 32.4. The Morgan fingerprint density at radius 2 is 1.50 bits per heavy atom. The summed E-state index contributed by atoms with van der Waals surface area (Å²) in [6, 6.07) is 18.2. The average molecular weight is 457 g/mol. The van der Waals surface area contributed by atoms with Gasteiger partial charge in [-0.1, -0.05) is 53.6 Å². The van der Waals surface area contributed by atoms with Gasteiger partial charge in [0.25, 0.3) is 0 Å². The fourth-order valence-corrected chi connectivity index (χ4v) is 5.43. The third kappa shape index (κ3) is 3.60. The molecular weight excluding hydrogens is 427 g/mol. The first kappa shape index (κ1) is 22.6. The molecule has 1 atom stereocenters. The van der Waals surface area contributed by atoms with Gasteiger partial charge in [-0.15, -0.1) is 0 Å². The number of halogens is 1. The van der Waals surface area contributed by atoms with E-state index in [9.17, 15) is 14.0 Å². The van der Waals surface area contributed by atoms with Gasteiger partial charge in [0.15, 0.2) is 17.1 Å². The molecule has 1 fully saturated rings. The zero-order valence-electron chi connectivity index (χ0n) is 19.9. The Hall–Kier alpha value is -3.15. The second-order valence-electron chi connectivity index (χ2n) is 9.62. The lowest BCUT2D eigenvalue weighted by Crippen LogP contribution is -2.60. The van der Waals surface area contributed by atoms with Crippen LogP contribution in [0.15, 0.2) is 60.7 Å². The van der Waals surface area contributed by atoms with Crippen molar-refractivity contribution in [1.29, 1.82) is 0 Å². The quantitative estimate of drug-likeness (QED) is 0.527. The smallest absolute Gasteiger partial charge is 0.196 e. The number of Topliss-reactive ketones (excluding diaryl/α,β-unsaturated/α-hetero) is 2. The van der Waals surface area contributed by atoms with Gasteiger partial charge in [-0.05, 0) is 55.7 Å². The molecule has 1 unspecified atom stereocenters. The second kappa shape index (κ2) is 8.57. The van der Waals surface area contributed by atoms with E-state index in [1.165, 1.54) is 6.07 Å². The molecule has 1 aliphatic carbocycles. The monoisotopic (exact) mass is 456 g/mol. The molecule has 1 heterocycles. The second-order valence-corrected chi connectivity index (χ2v) is 9.62. The number of piperazine rings is 1. The van der Waals surface area contributed by atoms with Gasteiger partial charge in [0, 0.05) is 43.9 Å². The van der Waals surface area contributed by atoms with Crippen LogP contribution in [-0.2, 0) is 12.1 Å². The van der Waals surface area contributed by atoms with Gasteiger partial charge in [-0.25, -0.2) is 4.39 Å². The van der Waals surface area contributed by atoms with Gasteiger partial charge >= 0.3 is 0 Å². The van der Waals surface area contributed by atoms with Gasteiger partial charge in [0.1, 0.15) is 5.82 Å². The summed E-state index contributed by atoms with van der Waals surface area (Å²) < 4.78 is 13.8. The van der Waals surface area contributed by atoms with Crippen molar-refractivity contribution in [3.8, 4) is 0 Å². The molecule has 5 rings (SSSR count). The summed E-state index contributed by atoms with van der Waals surface area (Å²) in [7, 11) is 0. The van der Waals surface area contributed by atoms with Crippen LogP contribution in [0.4, 0.5) is 4.39 Å². The highest BCUT2D eigenvalue weighted by atomic mass is 19.1. The normalized spacial score (nSPS) is 21.2. The van der Waals surface area contributed by atoms with E-state index in [4.69, 9.17) is 0 Å². The maximum Gasteiger partial charge on any atom is 0.196 e. The van der Waals surface area contributed by atoms with E-state index in [0.29, 0.717) is 43.9 Å². The maximum atomic E-state index is 14.0. The fourth-order valence-electron chi connectivity index (χ4n) is 5.43. The summed E-state index contributed by atoms with van der Waals surface area (Å²) in [5.74, 6) is -0.489. The molecule has 0 aromatic heterocycles. The molecular formula is C29H29FN2O2. The lowest BCUT2D eigenvalue weighted by Gasteiger charge is -2.44. The standard InChI is InChI=1S/C29H29FN2O2/c1-19-5-4-6-23(15-19)29(27(33)25-10-7-20(2)16-26(25)28(29)34)32-13-11-31(12-14-32)18-22-17-24(30)9-8-21(22)3/h4-10,15-17H,11-14,18H2,1-3H3. The van der Waals surface area contributed by atoms with E-state index in [0.717, 1.165) is 27.8 Å². The number of rotatable bonds is 4. The van der Waals surface area contributed by atoms with E-state index in [1.54, 1.807) is 12.1 Å². The molecule has 0 bridgehead atoms. The van der Waals surface area contributed by atoms with E-state index in [2.05, 4.69) is 9.80 Å². The third-order valence-electron chi connectivity index (χ3n) is 7.31. The number of hydrogen-bond donors (Lipinski definition) is 0. The highest BCUT2D eigenvalue weighted by Gasteiger charge is 2.58. The molecule has 0 spiro atoms. The average Bonchev–Trinajstić information content (AvgIpc) is 3.04. The molecule has 1 saturated heterocycles. The summed E-state index contributed by atoms with van der Waals surface area (Å²) in [6.45, 7) is 9.11. The van der Waals surface area contributed by atoms with Gasteiger partial charge < -0.3 is 0 Å². The molecule has 0 amide bonds. The summed E-state index contributed by atoms with van der Waals surface area (Å²) in [5, 5.41) is 0. The van der Waals surface area contributed by atoms with Crippen LogP contribution >= 0.6 is 0 Å². The van der Waals surface area contributed by atoms with Crippen molar-refractivity contribution < 1.29 is 14.0 Å². The highest BCUT2D eigenvalue weighted by molar-refractivity contribution is 6.33. The van der Waals surface area contributed by atoms with Crippen molar-refractivity contribution in [2.45, 2.75) is 32.9 Å². The van der Waals surface area contributed by atoms with Gasteiger partial charge in [-0.3, -0.25) is 19.4 Å². The van der Waals surface area contributed by atoms with Crippen LogP contribution < -0.4 is 0 Å². The predicted molar refractivity (Wildman–Crippen MR) is 131 cm³/mol. The van der Waals surface area contributed by atoms with Crippen LogP contribution in [0, 0.1) is 26.6 Å². The predicted octanol–water partition coefficient (Wildman–Crippen LogP) is 4.84. The number of hydrogen-bond acceptors (Lipinski definition) is 4. The first-order valence-electron chi connectivity index (χ1n) is 11.8. The Morgan fingerprint density at radius 1 is 0.794 bits per heavy atom. The zero-order chi connectivity index (χ0) is 24.0. The number of carbonyl (C=O) groups is 2. The van der Waals surface area contributed by atoms with Crippen LogP contribution in [0.5, 0.6) is 0 Å². The van der Waals surface area contributed by atoms with Gasteiger partial charge in [0.05, 0.1) is 0 Å². The Balaban J connectivity index is 1.48. The summed E-state index contributed by atoms with van der Waals surface area (Å²) >= 11 is 0. The topological polar surface area (TPSA) is 40.6 Å². The molecule has 5 heteroatoms. The Morgan fingerprint density at radius 3 is 2.24 bits per heavy atom. The summed E-state index contributed by atoms with van der Waals surface area (Å²) in [5.41, 5.74) is 4.46. The lowest BCUT2D eigenvalue weighted by molar-refractivity contribution is 0.0278. The number of carbonyl (C=O) groups excluding carboxylic acids is 2. The first-order chi connectivity index (χ1) is 16.3. The van der Waals surface area contributed by atoms with E-state index < -0.39 is 5.54 Å². The van der Waals surface area contributed by atoms with E-state index in [1.807, 2.05) is 63.2 Å². The van der Waals surface area contributed by atoms with Crippen molar-refractivity contribution in [3.63, 3.8) is 0 Å². The number of benzene rings is 3. The highest BCUT2D eigenvalue weighted by Crippen LogP contribution is 2.43. The number of fused-ring (bicyclic) bond motifs is 1. The van der Waals surface area contributed by atoms with Crippen LogP contribution in [0.3, 0.4) is 0 Å². The molecule has 3 aromatic rings. The first-order valence-corrected chi connectivity index (χ1v) is 11.8. The van der Waals surface area contributed by atoms with Crippen LogP contribution in [0.25, 0.3) is 0 Å². The molecule has 3 aromatic carbocycles. The SMILES string of the molecule is Cc1cccc(C2(N3CCN(Cc4cc(F)ccc4C)CC3)C(=O)c3ccc(C)cc3C2=O)c1. The largest absolute Gasteiger partial charge is 0.297 e. The van der Waals surface area contributed by atoms with E-state index >= 15 is 0 Å². The number of ketones is 2. The molecule has 1 aliphatic heterocycles. The number of nitrogens with zero attached hydrogens (tertiary/aromatic N) is 2.